The molecule has 1 aromatic heterocycles. The zero-order valence-electron chi connectivity index (χ0n) is 10.3. The van der Waals surface area contributed by atoms with Crippen molar-refractivity contribution in [2.75, 3.05) is 0 Å². The Morgan fingerprint density at radius 2 is 2.00 bits per heavy atom. The highest BCUT2D eigenvalue weighted by atomic mass is 16.1. The number of carbonyl (C=O) groups excluding carboxylic acids is 1. The lowest BCUT2D eigenvalue weighted by Gasteiger charge is -2.12. The summed E-state index contributed by atoms with van der Waals surface area (Å²) in [6.07, 6.45) is 5.33. The van der Waals surface area contributed by atoms with Crippen LogP contribution in [0.1, 0.15) is 37.0 Å². The van der Waals surface area contributed by atoms with Gasteiger partial charge in [0.2, 0.25) is 0 Å². The van der Waals surface area contributed by atoms with E-state index in [9.17, 15) is 4.79 Å². The molecule has 2 heteroatoms. The van der Waals surface area contributed by atoms with Crippen LogP contribution in [-0.2, 0) is 0 Å². The summed E-state index contributed by atoms with van der Waals surface area (Å²) in [4.78, 5) is 16.5. The monoisotopic (exact) mass is 227 g/mol. The lowest BCUT2D eigenvalue weighted by molar-refractivity contribution is 0.0915. The number of carbonyl (C=O) groups is 1. The van der Waals surface area contributed by atoms with Crippen LogP contribution in [0, 0.1) is 5.92 Å². The van der Waals surface area contributed by atoms with E-state index in [0.717, 1.165) is 29.2 Å². The largest absolute Gasteiger partial charge is 0.294 e. The van der Waals surface area contributed by atoms with E-state index in [2.05, 4.69) is 18.8 Å². The number of nitrogens with zero attached hydrogens (tertiary/aromatic N) is 1. The number of pyridine rings is 1. The van der Waals surface area contributed by atoms with Crippen molar-refractivity contribution in [3.63, 3.8) is 0 Å². The highest BCUT2D eigenvalue weighted by Gasteiger charge is 2.18. The van der Waals surface area contributed by atoms with Gasteiger partial charge in [0.05, 0.1) is 0 Å². The van der Waals surface area contributed by atoms with E-state index in [1.807, 2.05) is 24.3 Å². The fourth-order valence-electron chi connectivity index (χ4n) is 2.21. The van der Waals surface area contributed by atoms with Gasteiger partial charge in [0.25, 0.3) is 0 Å². The Hall–Kier alpha value is -1.70. The van der Waals surface area contributed by atoms with Crippen LogP contribution in [0.25, 0.3) is 10.8 Å². The highest BCUT2D eigenvalue weighted by molar-refractivity contribution is 6.08. The first-order valence-corrected chi connectivity index (χ1v) is 6.14. The number of ketones is 1. The van der Waals surface area contributed by atoms with Gasteiger partial charge in [-0.2, -0.15) is 0 Å². The fraction of sp³-hybridized carbons (Fsp3) is 0.333. The summed E-state index contributed by atoms with van der Waals surface area (Å²) in [5, 5.41) is 2.05. The molecular weight excluding hydrogens is 210 g/mol. The highest BCUT2D eigenvalue weighted by Crippen LogP contribution is 2.22. The summed E-state index contributed by atoms with van der Waals surface area (Å²) < 4.78 is 0. The summed E-state index contributed by atoms with van der Waals surface area (Å²) >= 11 is 0. The number of Topliss-reactive ketones (excluding diaryl/α,β-unsaturated/α-hetero) is 1. The third-order valence-corrected chi connectivity index (χ3v) is 3.31. The number of fused-ring (bicyclic) bond motifs is 1. The van der Waals surface area contributed by atoms with Gasteiger partial charge in [-0.25, -0.2) is 0 Å². The molecule has 0 saturated heterocycles. The standard InChI is InChI=1S/C15H17NO/c1-3-11(4-2)15(17)13-7-5-6-12-8-9-16-10-14(12)13/h5-11H,3-4H2,1-2H3. The fourth-order valence-corrected chi connectivity index (χ4v) is 2.21. The van der Waals surface area contributed by atoms with Crippen LogP contribution in [0.15, 0.2) is 36.7 Å². The van der Waals surface area contributed by atoms with Gasteiger partial charge in [0, 0.05) is 29.3 Å². The van der Waals surface area contributed by atoms with Crippen LogP contribution in [0.4, 0.5) is 0 Å². The molecular formula is C15H17NO. The average molecular weight is 227 g/mol. The van der Waals surface area contributed by atoms with Gasteiger partial charge in [0.1, 0.15) is 0 Å². The molecule has 0 saturated carbocycles. The number of aromatic nitrogens is 1. The summed E-state index contributed by atoms with van der Waals surface area (Å²) in [5.41, 5.74) is 0.810. The van der Waals surface area contributed by atoms with Crippen LogP contribution < -0.4 is 0 Å². The Labute approximate surface area is 102 Å². The molecule has 0 aliphatic rings. The van der Waals surface area contributed by atoms with Crippen LogP contribution in [-0.4, -0.2) is 10.8 Å². The van der Waals surface area contributed by atoms with E-state index in [1.54, 1.807) is 12.4 Å². The summed E-state index contributed by atoms with van der Waals surface area (Å²) in [7, 11) is 0. The van der Waals surface area contributed by atoms with Crippen molar-refractivity contribution in [1.29, 1.82) is 0 Å². The molecule has 0 spiro atoms. The molecule has 0 fully saturated rings. The van der Waals surface area contributed by atoms with Gasteiger partial charge in [-0.05, 0) is 24.3 Å². The predicted octanol–water partition coefficient (Wildman–Crippen LogP) is 3.85. The Morgan fingerprint density at radius 1 is 1.24 bits per heavy atom. The molecule has 2 aromatic rings. The third kappa shape index (κ3) is 2.21. The molecule has 0 atom stereocenters. The Kier molecular flexibility index (Phi) is 3.52. The minimum atomic E-state index is 0.126. The Bertz CT molecular complexity index is 524. The quantitative estimate of drug-likeness (QED) is 0.742. The topological polar surface area (TPSA) is 30.0 Å². The van der Waals surface area contributed by atoms with Gasteiger partial charge < -0.3 is 0 Å². The normalized spacial score (nSPS) is 11.0. The Balaban J connectivity index is 2.52. The van der Waals surface area contributed by atoms with Crippen LogP contribution in [0.2, 0.25) is 0 Å². The minimum absolute atomic E-state index is 0.126. The van der Waals surface area contributed by atoms with Gasteiger partial charge in [0.15, 0.2) is 5.78 Å². The smallest absolute Gasteiger partial charge is 0.166 e. The molecule has 0 amide bonds. The summed E-state index contributed by atoms with van der Waals surface area (Å²) in [5.74, 6) is 0.370. The molecule has 1 heterocycles. The first-order valence-electron chi connectivity index (χ1n) is 6.14. The van der Waals surface area contributed by atoms with E-state index in [-0.39, 0.29) is 11.7 Å². The van der Waals surface area contributed by atoms with Gasteiger partial charge >= 0.3 is 0 Å². The van der Waals surface area contributed by atoms with Crippen molar-refractivity contribution in [3.8, 4) is 0 Å². The van der Waals surface area contributed by atoms with Crippen LogP contribution in [0.3, 0.4) is 0 Å². The zero-order chi connectivity index (χ0) is 12.3. The van der Waals surface area contributed by atoms with Crippen molar-refractivity contribution in [2.24, 2.45) is 5.92 Å². The predicted molar refractivity (Wildman–Crippen MR) is 70.1 cm³/mol. The van der Waals surface area contributed by atoms with Gasteiger partial charge in [-0.1, -0.05) is 32.0 Å². The second-order valence-corrected chi connectivity index (χ2v) is 4.28. The molecule has 0 bridgehead atoms. The molecule has 2 rings (SSSR count). The van der Waals surface area contributed by atoms with E-state index in [4.69, 9.17) is 0 Å². The summed E-state index contributed by atoms with van der Waals surface area (Å²) in [6, 6.07) is 7.81. The number of hydrogen-bond acceptors (Lipinski definition) is 2. The van der Waals surface area contributed by atoms with Crippen molar-refractivity contribution in [1.82, 2.24) is 4.98 Å². The maximum Gasteiger partial charge on any atom is 0.166 e. The molecule has 2 nitrogen and oxygen atoms in total. The SMILES string of the molecule is CCC(CC)C(=O)c1cccc2ccncc12. The number of benzene rings is 1. The third-order valence-electron chi connectivity index (χ3n) is 3.31. The maximum absolute atomic E-state index is 12.4. The van der Waals surface area contributed by atoms with E-state index >= 15 is 0 Å². The van der Waals surface area contributed by atoms with Gasteiger partial charge in [-0.3, -0.25) is 9.78 Å². The molecule has 0 radical (unpaired) electrons. The molecule has 1 aromatic carbocycles. The lowest BCUT2D eigenvalue weighted by atomic mass is 9.91. The van der Waals surface area contributed by atoms with Crippen molar-refractivity contribution < 1.29 is 4.79 Å². The molecule has 17 heavy (non-hydrogen) atoms. The first kappa shape index (κ1) is 11.8. The van der Waals surface area contributed by atoms with E-state index in [0.29, 0.717) is 0 Å². The zero-order valence-corrected chi connectivity index (χ0v) is 10.3. The van der Waals surface area contributed by atoms with Crippen molar-refractivity contribution in [3.05, 3.63) is 42.2 Å². The minimum Gasteiger partial charge on any atom is -0.294 e. The molecule has 0 aliphatic carbocycles. The van der Waals surface area contributed by atoms with Gasteiger partial charge in [-0.15, -0.1) is 0 Å². The second-order valence-electron chi connectivity index (χ2n) is 4.28. The first-order chi connectivity index (χ1) is 8.27. The molecule has 88 valence electrons. The molecule has 0 unspecified atom stereocenters. The second kappa shape index (κ2) is 5.09. The van der Waals surface area contributed by atoms with Crippen molar-refractivity contribution in [2.45, 2.75) is 26.7 Å². The average Bonchev–Trinajstić information content (AvgIpc) is 2.39. The maximum atomic E-state index is 12.4. The number of rotatable bonds is 4. The van der Waals surface area contributed by atoms with Crippen LogP contribution >= 0.6 is 0 Å². The molecule has 0 aliphatic heterocycles. The van der Waals surface area contributed by atoms with E-state index in [1.165, 1.54) is 0 Å². The van der Waals surface area contributed by atoms with Crippen LogP contribution in [0.5, 0.6) is 0 Å². The Morgan fingerprint density at radius 3 is 2.71 bits per heavy atom. The molecule has 0 N–H and O–H groups in total. The number of hydrogen-bond donors (Lipinski definition) is 0. The van der Waals surface area contributed by atoms with Crippen molar-refractivity contribution >= 4 is 16.6 Å². The lowest BCUT2D eigenvalue weighted by Crippen LogP contribution is -2.13. The van der Waals surface area contributed by atoms with E-state index < -0.39 is 0 Å². The summed E-state index contributed by atoms with van der Waals surface area (Å²) in [6.45, 7) is 4.13.